The second-order valence-corrected chi connectivity index (χ2v) is 8.22. The van der Waals surface area contributed by atoms with Crippen LogP contribution in [0.25, 0.3) is 11.8 Å². The molecule has 0 aliphatic carbocycles. The van der Waals surface area contributed by atoms with Crippen molar-refractivity contribution in [2.24, 2.45) is 0 Å². The molecule has 36 heavy (non-hydrogen) atoms. The highest BCUT2D eigenvalue weighted by atomic mass is 16.5. The van der Waals surface area contributed by atoms with Crippen LogP contribution < -0.4 is 9.64 Å². The number of rotatable bonds is 9. The Morgan fingerprint density at radius 1 is 1.08 bits per heavy atom. The Balaban J connectivity index is 1.80. The molecule has 0 fully saturated rings. The van der Waals surface area contributed by atoms with Crippen LogP contribution in [-0.2, 0) is 14.3 Å². The maximum Gasteiger partial charge on any atom is 0.349 e. The molecular weight excluding hydrogens is 454 g/mol. The zero-order chi connectivity index (χ0) is 26.2. The molecule has 0 bridgehead atoms. The van der Waals surface area contributed by atoms with Crippen LogP contribution in [0.1, 0.15) is 37.7 Å². The average molecular weight is 486 g/mol. The van der Waals surface area contributed by atoms with E-state index >= 15 is 0 Å². The molecule has 0 saturated carbocycles. The second kappa shape index (κ2) is 11.9. The Bertz CT molecular complexity index is 1280. The van der Waals surface area contributed by atoms with Crippen LogP contribution >= 0.6 is 0 Å². The maximum absolute atomic E-state index is 12.9. The number of esters is 1. The lowest BCUT2D eigenvalue weighted by molar-refractivity contribution is -0.149. The van der Waals surface area contributed by atoms with Crippen molar-refractivity contribution in [2.45, 2.75) is 40.7 Å². The molecule has 3 rings (SSSR count). The lowest BCUT2D eigenvalue weighted by Gasteiger charge is -2.24. The standard InChI is InChI=1S/C29H31N3O4/c1-6-31(25-11-9-8-10-12-25)28(33)22(5)36-29(34)24(19-30)18-23-17-20(3)32(21(23)4)26-13-15-27(16-14-26)35-7-2/h8-18,22H,6-7H2,1-5H3. The molecule has 7 nitrogen and oxygen atoms in total. The first-order chi connectivity index (χ1) is 17.3. The van der Waals surface area contributed by atoms with Gasteiger partial charge in [-0.2, -0.15) is 5.26 Å². The minimum Gasteiger partial charge on any atom is -0.494 e. The average Bonchev–Trinajstić information content (AvgIpc) is 3.16. The number of ether oxygens (including phenoxy) is 2. The minimum absolute atomic E-state index is 0.177. The molecule has 1 amide bonds. The van der Waals surface area contributed by atoms with Crippen molar-refractivity contribution < 1.29 is 19.1 Å². The minimum atomic E-state index is -1.05. The highest BCUT2D eigenvalue weighted by Crippen LogP contribution is 2.25. The van der Waals surface area contributed by atoms with Crippen molar-refractivity contribution in [1.29, 1.82) is 5.26 Å². The van der Waals surface area contributed by atoms with Gasteiger partial charge in [0.1, 0.15) is 17.4 Å². The van der Waals surface area contributed by atoms with E-state index in [0.717, 1.165) is 22.8 Å². The van der Waals surface area contributed by atoms with E-state index in [9.17, 15) is 14.9 Å². The van der Waals surface area contributed by atoms with Crippen LogP contribution in [0.3, 0.4) is 0 Å². The summed E-state index contributed by atoms with van der Waals surface area (Å²) in [5.74, 6) is -0.410. The molecule has 1 aromatic heterocycles. The van der Waals surface area contributed by atoms with Crippen molar-refractivity contribution in [3.05, 3.63) is 83.2 Å². The van der Waals surface area contributed by atoms with Gasteiger partial charge in [-0.1, -0.05) is 18.2 Å². The molecule has 3 aromatic rings. The molecule has 1 heterocycles. The van der Waals surface area contributed by atoms with Crippen molar-refractivity contribution >= 4 is 23.6 Å². The normalized spacial score (nSPS) is 11.9. The van der Waals surface area contributed by atoms with E-state index in [4.69, 9.17) is 9.47 Å². The third-order valence-corrected chi connectivity index (χ3v) is 5.80. The Kier molecular flexibility index (Phi) is 8.69. The van der Waals surface area contributed by atoms with E-state index in [1.165, 1.54) is 17.9 Å². The van der Waals surface area contributed by atoms with Gasteiger partial charge in [0.2, 0.25) is 0 Å². The van der Waals surface area contributed by atoms with Gasteiger partial charge in [0, 0.05) is 29.3 Å². The number of hydrogen-bond acceptors (Lipinski definition) is 5. The third kappa shape index (κ3) is 5.84. The Morgan fingerprint density at radius 3 is 2.33 bits per heavy atom. The zero-order valence-corrected chi connectivity index (χ0v) is 21.3. The number of likely N-dealkylation sites (N-methyl/N-ethyl adjacent to an activating group) is 1. The summed E-state index contributed by atoms with van der Waals surface area (Å²) in [6.45, 7) is 10.2. The van der Waals surface area contributed by atoms with E-state index in [0.29, 0.717) is 24.4 Å². The lowest BCUT2D eigenvalue weighted by Crippen LogP contribution is -2.40. The number of nitrogens with zero attached hydrogens (tertiary/aromatic N) is 3. The molecule has 1 atom stereocenters. The summed E-state index contributed by atoms with van der Waals surface area (Å²) in [6, 6.07) is 20.7. The summed E-state index contributed by atoms with van der Waals surface area (Å²) in [5.41, 5.74) is 4.00. The molecular formula is C29H31N3O4. The molecule has 7 heteroatoms. The highest BCUT2D eigenvalue weighted by Gasteiger charge is 2.25. The fraction of sp³-hybridized carbons (Fsp3) is 0.276. The van der Waals surface area contributed by atoms with Crippen molar-refractivity contribution in [2.75, 3.05) is 18.1 Å². The largest absolute Gasteiger partial charge is 0.494 e. The molecule has 0 N–H and O–H groups in total. The fourth-order valence-corrected chi connectivity index (χ4v) is 4.05. The van der Waals surface area contributed by atoms with Gasteiger partial charge in [-0.05, 0) is 88.7 Å². The zero-order valence-electron chi connectivity index (χ0n) is 21.3. The van der Waals surface area contributed by atoms with Crippen molar-refractivity contribution in [3.63, 3.8) is 0 Å². The maximum atomic E-state index is 12.9. The monoisotopic (exact) mass is 485 g/mol. The molecule has 0 spiro atoms. The number of carbonyl (C=O) groups excluding carboxylic acids is 2. The first-order valence-corrected chi connectivity index (χ1v) is 11.9. The SMILES string of the molecule is CCOc1ccc(-n2c(C)cc(C=C(C#N)C(=O)OC(C)C(=O)N(CC)c3ccccc3)c2C)cc1. The molecule has 2 aromatic carbocycles. The van der Waals surface area contributed by atoms with Gasteiger partial charge >= 0.3 is 5.97 Å². The summed E-state index contributed by atoms with van der Waals surface area (Å²) in [4.78, 5) is 27.3. The van der Waals surface area contributed by atoms with E-state index < -0.39 is 12.1 Å². The Labute approximate surface area is 212 Å². The van der Waals surface area contributed by atoms with Crippen LogP contribution in [0.15, 0.2) is 66.2 Å². The second-order valence-electron chi connectivity index (χ2n) is 8.22. The summed E-state index contributed by atoms with van der Waals surface area (Å²) < 4.78 is 13.0. The lowest BCUT2D eigenvalue weighted by atomic mass is 10.1. The fourth-order valence-electron chi connectivity index (χ4n) is 4.05. The molecule has 0 aliphatic rings. The first-order valence-electron chi connectivity index (χ1n) is 11.9. The summed E-state index contributed by atoms with van der Waals surface area (Å²) >= 11 is 0. The Hall–Kier alpha value is -4.31. The van der Waals surface area contributed by atoms with E-state index in [1.807, 2.05) is 99.0 Å². The van der Waals surface area contributed by atoms with Crippen LogP contribution in [0, 0.1) is 25.2 Å². The number of aromatic nitrogens is 1. The summed E-state index contributed by atoms with van der Waals surface area (Å²) in [7, 11) is 0. The van der Waals surface area contributed by atoms with E-state index in [-0.39, 0.29) is 11.5 Å². The topological polar surface area (TPSA) is 84.6 Å². The highest BCUT2D eigenvalue weighted by molar-refractivity contribution is 6.02. The molecule has 0 saturated heterocycles. The predicted octanol–water partition coefficient (Wildman–Crippen LogP) is 5.38. The van der Waals surface area contributed by atoms with Crippen molar-refractivity contribution in [1.82, 2.24) is 4.57 Å². The molecule has 0 aliphatic heterocycles. The molecule has 1 unspecified atom stereocenters. The smallest absolute Gasteiger partial charge is 0.349 e. The van der Waals surface area contributed by atoms with Gasteiger partial charge in [0.05, 0.1) is 6.61 Å². The number of amides is 1. The quantitative estimate of drug-likeness (QED) is 0.231. The van der Waals surface area contributed by atoms with Gasteiger partial charge in [-0.25, -0.2) is 4.79 Å². The number of hydrogen-bond donors (Lipinski definition) is 0. The number of nitriles is 1. The van der Waals surface area contributed by atoms with Gasteiger partial charge in [0.25, 0.3) is 5.91 Å². The van der Waals surface area contributed by atoms with E-state index in [2.05, 4.69) is 0 Å². The number of aryl methyl sites for hydroxylation is 1. The first kappa shape index (κ1) is 26.3. The van der Waals surface area contributed by atoms with Gasteiger partial charge in [0.15, 0.2) is 6.10 Å². The van der Waals surface area contributed by atoms with Crippen LogP contribution in [0.2, 0.25) is 0 Å². The Morgan fingerprint density at radius 2 is 1.75 bits per heavy atom. The summed E-state index contributed by atoms with van der Waals surface area (Å²) in [6.07, 6.45) is 0.451. The number of anilines is 1. The van der Waals surface area contributed by atoms with Crippen LogP contribution in [0.5, 0.6) is 5.75 Å². The van der Waals surface area contributed by atoms with Gasteiger partial charge < -0.3 is 18.9 Å². The predicted molar refractivity (Wildman–Crippen MR) is 140 cm³/mol. The van der Waals surface area contributed by atoms with Crippen molar-refractivity contribution in [3.8, 4) is 17.5 Å². The van der Waals surface area contributed by atoms with Gasteiger partial charge in [-0.15, -0.1) is 0 Å². The number of carbonyl (C=O) groups is 2. The van der Waals surface area contributed by atoms with Crippen LogP contribution in [-0.4, -0.2) is 35.7 Å². The van der Waals surface area contributed by atoms with Gasteiger partial charge in [-0.3, -0.25) is 4.79 Å². The molecule has 0 radical (unpaired) electrons. The van der Waals surface area contributed by atoms with Crippen LogP contribution in [0.4, 0.5) is 5.69 Å². The number of benzene rings is 2. The number of para-hydroxylation sites is 1. The molecule has 186 valence electrons. The summed E-state index contributed by atoms with van der Waals surface area (Å²) in [5, 5.41) is 9.67. The van der Waals surface area contributed by atoms with E-state index in [1.54, 1.807) is 0 Å². The third-order valence-electron chi connectivity index (χ3n) is 5.80.